The third-order valence-corrected chi connectivity index (χ3v) is 6.17. The van der Waals surface area contributed by atoms with Crippen molar-refractivity contribution in [3.8, 4) is 11.1 Å². The first kappa shape index (κ1) is 22.8. The molecule has 0 saturated heterocycles. The second kappa shape index (κ2) is 10.0. The van der Waals surface area contributed by atoms with E-state index in [-0.39, 0.29) is 19.1 Å². The second-order valence-corrected chi connectivity index (χ2v) is 8.56. The maximum atomic E-state index is 12.6. The lowest BCUT2D eigenvalue weighted by Crippen LogP contribution is -2.53. The molecular weight excluding hydrogens is 424 g/mol. The zero-order valence-corrected chi connectivity index (χ0v) is 18.5. The van der Waals surface area contributed by atoms with Gasteiger partial charge in [-0.25, -0.2) is 9.59 Å². The number of amides is 2. The Morgan fingerprint density at radius 1 is 0.970 bits per heavy atom. The normalized spacial score (nSPS) is 16.3. The van der Waals surface area contributed by atoms with Crippen molar-refractivity contribution < 1.29 is 29.0 Å². The van der Waals surface area contributed by atoms with Gasteiger partial charge in [-0.2, -0.15) is 0 Å². The number of carboxylic acid groups (broad SMARTS) is 1. The molecule has 2 aromatic rings. The van der Waals surface area contributed by atoms with Gasteiger partial charge in [0.1, 0.15) is 18.7 Å². The maximum Gasteiger partial charge on any atom is 0.407 e. The maximum absolute atomic E-state index is 12.6. The molecule has 4 rings (SSSR count). The Balaban J connectivity index is 1.37. The van der Waals surface area contributed by atoms with Crippen LogP contribution in [0.3, 0.4) is 0 Å². The van der Waals surface area contributed by atoms with Gasteiger partial charge in [0.05, 0.1) is 6.61 Å². The molecule has 8 heteroatoms. The predicted octanol–water partition coefficient (Wildman–Crippen LogP) is 2.91. The highest BCUT2D eigenvalue weighted by Crippen LogP contribution is 2.44. The fourth-order valence-electron chi connectivity index (χ4n) is 4.31. The van der Waals surface area contributed by atoms with Crippen LogP contribution in [0.25, 0.3) is 11.1 Å². The first-order valence-corrected chi connectivity index (χ1v) is 11.1. The summed E-state index contributed by atoms with van der Waals surface area (Å²) < 4.78 is 10.5. The van der Waals surface area contributed by atoms with Crippen molar-refractivity contribution in [3.05, 3.63) is 59.7 Å². The van der Waals surface area contributed by atoms with Crippen molar-refractivity contribution in [2.24, 2.45) is 5.92 Å². The lowest BCUT2D eigenvalue weighted by Gasteiger charge is -2.21. The number of alkyl carbamates (subject to hydrolysis) is 1. The van der Waals surface area contributed by atoms with E-state index in [1.54, 1.807) is 0 Å². The molecule has 3 N–H and O–H groups in total. The molecule has 2 aromatic carbocycles. The first-order valence-electron chi connectivity index (χ1n) is 11.1. The summed E-state index contributed by atoms with van der Waals surface area (Å²) in [5.41, 5.74) is 4.41. The first-order chi connectivity index (χ1) is 16.0. The Hall–Kier alpha value is -3.39. The molecule has 0 aromatic heterocycles. The van der Waals surface area contributed by atoms with E-state index < -0.39 is 30.1 Å². The lowest BCUT2D eigenvalue weighted by atomic mass is 9.98. The Morgan fingerprint density at radius 3 is 2.12 bits per heavy atom. The largest absolute Gasteiger partial charge is 0.480 e. The van der Waals surface area contributed by atoms with E-state index in [0.717, 1.165) is 35.1 Å². The number of carbonyl (C=O) groups excluding carboxylic acids is 2. The molecule has 1 saturated carbocycles. The molecule has 2 aliphatic carbocycles. The Morgan fingerprint density at radius 2 is 1.58 bits per heavy atom. The number of aliphatic carboxylic acids is 1. The van der Waals surface area contributed by atoms with Crippen LogP contribution in [-0.2, 0) is 19.1 Å². The van der Waals surface area contributed by atoms with Gasteiger partial charge in [-0.05, 0) is 34.6 Å². The number of methoxy groups -OCH3 is 1. The van der Waals surface area contributed by atoms with Crippen molar-refractivity contribution >= 4 is 18.0 Å². The highest BCUT2D eigenvalue weighted by atomic mass is 16.5. The summed E-state index contributed by atoms with van der Waals surface area (Å²) in [6.45, 7) is 0.00636. The fourth-order valence-corrected chi connectivity index (χ4v) is 4.31. The molecule has 1 unspecified atom stereocenters. The van der Waals surface area contributed by atoms with Gasteiger partial charge >= 0.3 is 12.1 Å². The molecule has 0 spiro atoms. The van der Waals surface area contributed by atoms with Crippen LogP contribution >= 0.6 is 0 Å². The quantitative estimate of drug-likeness (QED) is 0.511. The summed E-state index contributed by atoms with van der Waals surface area (Å²) in [5.74, 6) is -1.49. The third-order valence-electron chi connectivity index (χ3n) is 6.17. The van der Waals surface area contributed by atoms with E-state index in [9.17, 15) is 19.5 Å². The molecule has 0 aliphatic heterocycles. The van der Waals surface area contributed by atoms with Gasteiger partial charge in [0.2, 0.25) is 5.91 Å². The Bertz CT molecular complexity index is 990. The van der Waals surface area contributed by atoms with Crippen molar-refractivity contribution in [2.45, 2.75) is 37.3 Å². The van der Waals surface area contributed by atoms with E-state index in [4.69, 9.17) is 9.47 Å². The zero-order valence-electron chi connectivity index (χ0n) is 18.5. The second-order valence-electron chi connectivity index (χ2n) is 8.56. The summed E-state index contributed by atoms with van der Waals surface area (Å²) in [6.07, 6.45) is 1.56. The predicted molar refractivity (Wildman–Crippen MR) is 121 cm³/mol. The van der Waals surface area contributed by atoms with Crippen molar-refractivity contribution in [3.63, 3.8) is 0 Å². The number of hydrogen-bond acceptors (Lipinski definition) is 5. The highest BCUT2D eigenvalue weighted by molar-refractivity contribution is 5.89. The topological polar surface area (TPSA) is 114 Å². The van der Waals surface area contributed by atoms with Gasteiger partial charge in [-0.15, -0.1) is 0 Å². The molecule has 0 radical (unpaired) electrons. The fraction of sp³-hybridized carbons (Fsp3) is 0.400. The molecule has 0 bridgehead atoms. The molecule has 8 nitrogen and oxygen atoms in total. The van der Waals surface area contributed by atoms with Crippen LogP contribution in [0.5, 0.6) is 0 Å². The highest BCUT2D eigenvalue weighted by Gasteiger charge is 2.33. The van der Waals surface area contributed by atoms with Gasteiger partial charge in [0.25, 0.3) is 0 Å². The molecule has 174 valence electrons. The third kappa shape index (κ3) is 5.34. The average molecular weight is 453 g/mol. The Kier molecular flexibility index (Phi) is 6.93. The summed E-state index contributed by atoms with van der Waals surface area (Å²) in [5, 5.41) is 14.4. The van der Waals surface area contributed by atoms with Gasteiger partial charge in [-0.1, -0.05) is 61.4 Å². The molecule has 2 aliphatic rings. The minimum absolute atomic E-state index is 0.104. The molecule has 0 heterocycles. The molecule has 1 fully saturated rings. The SMILES string of the molecule is COC[C@H](NC(=O)OCC1c2ccccc2-c2ccccc21)C(=O)NC(CC1CC1)C(=O)O. The number of nitrogens with one attached hydrogen (secondary N) is 2. The van der Waals surface area contributed by atoms with Crippen LogP contribution in [-0.4, -0.2) is 55.5 Å². The molecular formula is C25H28N2O6. The summed E-state index contributed by atoms with van der Waals surface area (Å²) in [6, 6.07) is 14.0. The standard InChI is InChI=1S/C25H28N2O6/c1-32-14-22(23(28)26-21(24(29)30)12-15-10-11-15)27-25(31)33-13-20-18-8-4-2-6-16(18)17-7-3-5-9-19(17)20/h2-9,15,20-22H,10-14H2,1H3,(H,26,28)(H,27,31)(H,29,30)/t21?,22-/m0/s1. The van der Waals surface area contributed by atoms with E-state index in [0.29, 0.717) is 12.3 Å². The summed E-state index contributed by atoms with van der Waals surface area (Å²) in [7, 11) is 1.40. The van der Waals surface area contributed by atoms with E-state index in [1.165, 1.54) is 7.11 Å². The lowest BCUT2D eigenvalue weighted by molar-refractivity contribution is -0.142. The van der Waals surface area contributed by atoms with Crippen LogP contribution in [0.4, 0.5) is 4.79 Å². The zero-order chi connectivity index (χ0) is 23.4. The minimum Gasteiger partial charge on any atom is -0.480 e. The van der Waals surface area contributed by atoms with Gasteiger partial charge in [-0.3, -0.25) is 4.79 Å². The monoisotopic (exact) mass is 452 g/mol. The number of ether oxygens (including phenoxy) is 2. The number of benzene rings is 2. The van der Waals surface area contributed by atoms with E-state index in [1.807, 2.05) is 48.5 Å². The number of carboxylic acids is 1. The summed E-state index contributed by atoms with van der Waals surface area (Å²) >= 11 is 0. The van der Waals surface area contributed by atoms with Gasteiger partial charge in [0, 0.05) is 13.0 Å². The smallest absolute Gasteiger partial charge is 0.407 e. The van der Waals surface area contributed by atoms with Crippen molar-refractivity contribution in [1.82, 2.24) is 10.6 Å². The Labute approximate surface area is 192 Å². The van der Waals surface area contributed by atoms with E-state index >= 15 is 0 Å². The van der Waals surface area contributed by atoms with Crippen molar-refractivity contribution in [2.75, 3.05) is 20.3 Å². The van der Waals surface area contributed by atoms with Crippen LogP contribution < -0.4 is 10.6 Å². The van der Waals surface area contributed by atoms with Crippen LogP contribution in [0.2, 0.25) is 0 Å². The van der Waals surface area contributed by atoms with Crippen LogP contribution in [0.1, 0.15) is 36.3 Å². The van der Waals surface area contributed by atoms with E-state index in [2.05, 4.69) is 10.6 Å². The number of rotatable bonds is 10. The number of hydrogen-bond donors (Lipinski definition) is 3. The van der Waals surface area contributed by atoms with Crippen LogP contribution in [0.15, 0.2) is 48.5 Å². The van der Waals surface area contributed by atoms with Crippen molar-refractivity contribution in [1.29, 1.82) is 0 Å². The minimum atomic E-state index is -1.09. The molecule has 33 heavy (non-hydrogen) atoms. The molecule has 2 atom stereocenters. The number of fused-ring (bicyclic) bond motifs is 3. The average Bonchev–Trinajstić information content (AvgIpc) is 3.57. The van der Waals surface area contributed by atoms with Crippen LogP contribution in [0, 0.1) is 5.92 Å². The summed E-state index contributed by atoms with van der Waals surface area (Å²) in [4.78, 5) is 36.7. The number of carbonyl (C=O) groups is 3. The van der Waals surface area contributed by atoms with Gasteiger partial charge in [0.15, 0.2) is 0 Å². The molecule has 2 amide bonds. The van der Waals surface area contributed by atoms with Gasteiger partial charge < -0.3 is 25.2 Å².